The van der Waals surface area contributed by atoms with Crippen LogP contribution in [0.15, 0.2) is 37.2 Å². The van der Waals surface area contributed by atoms with Gasteiger partial charge in [-0.3, -0.25) is 9.72 Å². The predicted molar refractivity (Wildman–Crippen MR) is 67.3 cm³/mol. The number of nitrogens with zero attached hydrogens (tertiary/aromatic N) is 2. The third-order valence-electron chi connectivity index (χ3n) is 2.32. The molecule has 0 atom stereocenters. The van der Waals surface area contributed by atoms with E-state index in [4.69, 9.17) is 9.84 Å². The van der Waals surface area contributed by atoms with Gasteiger partial charge in [0.05, 0.1) is 11.8 Å². The van der Waals surface area contributed by atoms with Crippen molar-refractivity contribution in [3.63, 3.8) is 0 Å². The van der Waals surface area contributed by atoms with Gasteiger partial charge in [-0.25, -0.2) is 14.6 Å². The van der Waals surface area contributed by atoms with E-state index in [0.717, 1.165) is 0 Å². The highest BCUT2D eigenvalue weighted by molar-refractivity contribution is 5.89. The van der Waals surface area contributed by atoms with Gasteiger partial charge in [-0.15, -0.1) is 0 Å². The van der Waals surface area contributed by atoms with Gasteiger partial charge in [-0.1, -0.05) is 12.7 Å². The van der Waals surface area contributed by atoms with Gasteiger partial charge >= 0.3 is 12.1 Å². The highest BCUT2D eigenvalue weighted by Gasteiger charge is 2.10. The molecule has 0 aliphatic rings. The van der Waals surface area contributed by atoms with E-state index in [1.807, 2.05) is 0 Å². The van der Waals surface area contributed by atoms with Gasteiger partial charge in [0.25, 0.3) is 0 Å². The highest BCUT2D eigenvalue weighted by Crippen LogP contribution is 2.13. The topological polar surface area (TPSA) is 92.9 Å². The molecule has 0 aromatic carbocycles. The lowest BCUT2D eigenvalue weighted by atomic mass is 10.3. The number of aromatic nitrogens is 2. The van der Waals surface area contributed by atoms with Crippen LogP contribution in [0.5, 0.6) is 0 Å². The minimum absolute atomic E-state index is 0.103. The monoisotopic (exact) mass is 261 g/mol. The highest BCUT2D eigenvalue weighted by atomic mass is 16.5. The lowest BCUT2D eigenvalue weighted by molar-refractivity contribution is 0.0696. The summed E-state index contributed by atoms with van der Waals surface area (Å²) in [6.07, 6.45) is 3.74. The van der Waals surface area contributed by atoms with Crippen LogP contribution in [0.25, 0.3) is 5.65 Å². The molecule has 0 aliphatic carbocycles. The number of fused-ring (bicyclic) bond motifs is 1. The van der Waals surface area contributed by atoms with Crippen molar-refractivity contribution < 1.29 is 19.4 Å². The largest absolute Gasteiger partial charge is 0.478 e. The van der Waals surface area contributed by atoms with Crippen molar-refractivity contribution >= 4 is 23.5 Å². The number of amides is 1. The third kappa shape index (κ3) is 2.71. The molecule has 7 nitrogen and oxygen atoms in total. The first-order valence-corrected chi connectivity index (χ1v) is 5.37. The van der Waals surface area contributed by atoms with Crippen molar-refractivity contribution in [1.82, 2.24) is 9.38 Å². The van der Waals surface area contributed by atoms with Crippen LogP contribution in [0.1, 0.15) is 10.4 Å². The van der Waals surface area contributed by atoms with E-state index in [0.29, 0.717) is 11.5 Å². The van der Waals surface area contributed by atoms with E-state index in [1.165, 1.54) is 30.6 Å². The van der Waals surface area contributed by atoms with Crippen molar-refractivity contribution in [2.75, 3.05) is 11.9 Å². The fourth-order valence-corrected chi connectivity index (χ4v) is 1.48. The van der Waals surface area contributed by atoms with Gasteiger partial charge in [-0.2, -0.15) is 0 Å². The Kier molecular flexibility index (Phi) is 3.46. The van der Waals surface area contributed by atoms with E-state index in [1.54, 1.807) is 4.40 Å². The Morgan fingerprint density at radius 3 is 3.05 bits per heavy atom. The number of imidazole rings is 1. The molecule has 0 saturated heterocycles. The molecular formula is C12H11N3O4. The Morgan fingerprint density at radius 1 is 1.58 bits per heavy atom. The average Bonchev–Trinajstić information content (AvgIpc) is 2.78. The van der Waals surface area contributed by atoms with Crippen LogP contribution in [-0.2, 0) is 4.74 Å². The van der Waals surface area contributed by atoms with Crippen LogP contribution < -0.4 is 5.32 Å². The molecule has 7 heteroatoms. The van der Waals surface area contributed by atoms with Crippen LogP contribution in [0.4, 0.5) is 10.6 Å². The number of carboxylic acid groups (broad SMARTS) is 1. The van der Waals surface area contributed by atoms with E-state index in [-0.39, 0.29) is 12.2 Å². The Balaban J connectivity index is 2.23. The second kappa shape index (κ2) is 5.21. The quantitative estimate of drug-likeness (QED) is 0.818. The molecule has 0 saturated carbocycles. The number of nitrogens with one attached hydrogen (secondary N) is 1. The maximum Gasteiger partial charge on any atom is 0.413 e. The first kappa shape index (κ1) is 12.6. The number of carbonyl (C=O) groups is 2. The molecule has 2 heterocycles. The Bertz CT molecular complexity index is 647. The van der Waals surface area contributed by atoms with Crippen molar-refractivity contribution in [2.45, 2.75) is 0 Å². The number of hydrogen-bond acceptors (Lipinski definition) is 4. The molecule has 0 aliphatic heterocycles. The number of anilines is 1. The minimum Gasteiger partial charge on any atom is -0.478 e. The minimum atomic E-state index is -1.04. The van der Waals surface area contributed by atoms with Crippen molar-refractivity contribution in [1.29, 1.82) is 0 Å². The molecule has 2 rings (SSSR count). The van der Waals surface area contributed by atoms with Crippen molar-refractivity contribution in [2.24, 2.45) is 0 Å². The third-order valence-corrected chi connectivity index (χ3v) is 2.32. The van der Waals surface area contributed by atoms with Crippen LogP contribution in [0.2, 0.25) is 0 Å². The van der Waals surface area contributed by atoms with Crippen LogP contribution >= 0.6 is 0 Å². The lowest BCUT2D eigenvalue weighted by Crippen LogP contribution is -2.14. The Hall–Kier alpha value is -2.83. The second-order valence-corrected chi connectivity index (χ2v) is 3.60. The molecule has 19 heavy (non-hydrogen) atoms. The second-order valence-electron chi connectivity index (χ2n) is 3.60. The Labute approximate surface area is 108 Å². The zero-order valence-corrected chi connectivity index (χ0v) is 9.87. The fraction of sp³-hybridized carbons (Fsp3) is 0.0833. The summed E-state index contributed by atoms with van der Waals surface area (Å²) in [5.41, 5.74) is 0.540. The van der Waals surface area contributed by atoms with Crippen molar-refractivity contribution in [3.05, 3.63) is 42.7 Å². The number of ether oxygens (including phenoxy) is 1. The molecule has 98 valence electrons. The van der Waals surface area contributed by atoms with Crippen LogP contribution in [0.3, 0.4) is 0 Å². The number of aromatic carboxylic acids is 1. The number of pyridine rings is 1. The van der Waals surface area contributed by atoms with E-state index in [9.17, 15) is 9.59 Å². The molecule has 0 bridgehead atoms. The fourth-order valence-electron chi connectivity index (χ4n) is 1.48. The zero-order chi connectivity index (χ0) is 13.8. The zero-order valence-electron chi connectivity index (χ0n) is 9.87. The number of hydrogen-bond donors (Lipinski definition) is 2. The lowest BCUT2D eigenvalue weighted by Gasteiger charge is -2.05. The summed E-state index contributed by atoms with van der Waals surface area (Å²) in [5.74, 6) is -0.647. The summed E-state index contributed by atoms with van der Waals surface area (Å²) in [6.45, 7) is 3.53. The summed E-state index contributed by atoms with van der Waals surface area (Å²) < 4.78 is 6.32. The van der Waals surface area contributed by atoms with Crippen LogP contribution in [-0.4, -0.2) is 33.2 Å². The van der Waals surface area contributed by atoms with Crippen LogP contribution in [0, 0.1) is 0 Å². The van der Waals surface area contributed by atoms with E-state index < -0.39 is 12.1 Å². The standard InChI is InChI=1S/C12H11N3O4/c1-2-5-19-12(18)14-10-7-13-9-6-8(11(16)17)3-4-15(9)10/h2-4,6-7H,1,5H2,(H,14,18)(H,16,17). The van der Waals surface area contributed by atoms with Gasteiger partial charge in [-0.05, 0) is 12.1 Å². The van der Waals surface area contributed by atoms with Gasteiger partial charge in [0.2, 0.25) is 0 Å². The molecule has 0 spiro atoms. The first-order valence-electron chi connectivity index (χ1n) is 5.37. The molecule has 2 N–H and O–H groups in total. The van der Waals surface area contributed by atoms with Crippen molar-refractivity contribution in [3.8, 4) is 0 Å². The average molecular weight is 261 g/mol. The molecule has 1 amide bonds. The first-order chi connectivity index (χ1) is 9.11. The number of carboxylic acids is 1. The van der Waals surface area contributed by atoms with E-state index in [2.05, 4.69) is 16.9 Å². The SMILES string of the molecule is C=CCOC(=O)Nc1cnc2cc(C(=O)O)ccn12. The van der Waals surface area contributed by atoms with Gasteiger partial charge in [0.1, 0.15) is 18.1 Å². The number of rotatable bonds is 4. The van der Waals surface area contributed by atoms with Gasteiger partial charge < -0.3 is 9.84 Å². The predicted octanol–water partition coefficient (Wildman–Crippen LogP) is 1.77. The normalized spacial score (nSPS) is 10.1. The molecule has 2 aromatic heterocycles. The molecule has 0 unspecified atom stereocenters. The van der Waals surface area contributed by atoms with Gasteiger partial charge in [0, 0.05) is 6.20 Å². The molecule has 2 aromatic rings. The van der Waals surface area contributed by atoms with E-state index >= 15 is 0 Å². The molecule has 0 radical (unpaired) electrons. The summed E-state index contributed by atoms with van der Waals surface area (Å²) >= 11 is 0. The van der Waals surface area contributed by atoms with Gasteiger partial charge in [0.15, 0.2) is 0 Å². The summed E-state index contributed by atoms with van der Waals surface area (Å²) in [7, 11) is 0. The summed E-state index contributed by atoms with van der Waals surface area (Å²) in [5, 5.41) is 11.3. The maximum absolute atomic E-state index is 11.4. The molecular weight excluding hydrogens is 250 g/mol. The molecule has 0 fully saturated rings. The summed E-state index contributed by atoms with van der Waals surface area (Å²) in [6, 6.07) is 2.82. The smallest absolute Gasteiger partial charge is 0.413 e. The summed E-state index contributed by atoms with van der Waals surface area (Å²) in [4.78, 5) is 26.2. The maximum atomic E-state index is 11.4. The Morgan fingerprint density at radius 2 is 2.37 bits per heavy atom. The number of carbonyl (C=O) groups excluding carboxylic acids is 1.